The minimum absolute atomic E-state index is 0.0738. The molecule has 0 saturated heterocycles. The Bertz CT molecular complexity index is 501. The van der Waals surface area contributed by atoms with Crippen LogP contribution in [0.1, 0.15) is 36.4 Å². The van der Waals surface area contributed by atoms with Crippen molar-refractivity contribution < 1.29 is 8.42 Å². The van der Waals surface area contributed by atoms with Crippen LogP contribution in [0.2, 0.25) is 0 Å². The number of aryl methyl sites for hydroxylation is 1. The summed E-state index contributed by atoms with van der Waals surface area (Å²) in [7, 11) is -3.22. The highest BCUT2D eigenvalue weighted by Gasteiger charge is 2.23. The van der Waals surface area contributed by atoms with Gasteiger partial charge in [-0.2, -0.15) is 0 Å². The topological polar surface area (TPSA) is 46.2 Å². The molecule has 0 aliphatic heterocycles. The summed E-state index contributed by atoms with van der Waals surface area (Å²) in [6.07, 6.45) is 3.43. The van der Waals surface area contributed by atoms with Crippen LogP contribution in [-0.4, -0.2) is 20.1 Å². The Morgan fingerprint density at radius 3 is 2.89 bits per heavy atom. The summed E-state index contributed by atoms with van der Waals surface area (Å²) in [5.74, 6) is 0.483. The molecule has 1 aliphatic carbocycles. The van der Waals surface area contributed by atoms with E-state index in [0.717, 1.165) is 24.8 Å². The van der Waals surface area contributed by atoms with Crippen molar-refractivity contribution in [2.24, 2.45) is 0 Å². The van der Waals surface area contributed by atoms with Gasteiger partial charge in [-0.1, -0.05) is 24.3 Å². The molecule has 1 aliphatic rings. The van der Waals surface area contributed by atoms with Crippen LogP contribution in [-0.2, 0) is 16.4 Å². The van der Waals surface area contributed by atoms with Crippen molar-refractivity contribution in [1.82, 2.24) is 4.72 Å². The summed E-state index contributed by atoms with van der Waals surface area (Å²) in [4.78, 5) is 0. The van der Waals surface area contributed by atoms with Crippen LogP contribution in [0, 0.1) is 0 Å². The highest BCUT2D eigenvalue weighted by atomic mass is 35.5. The first-order chi connectivity index (χ1) is 8.62. The van der Waals surface area contributed by atoms with E-state index in [2.05, 4.69) is 10.8 Å². The molecule has 100 valence electrons. The molecule has 0 heterocycles. The van der Waals surface area contributed by atoms with E-state index in [0.29, 0.717) is 12.3 Å². The molecular formula is C13H18ClNO2S. The number of hydrogen-bond acceptors (Lipinski definition) is 2. The van der Waals surface area contributed by atoms with Crippen LogP contribution in [0.3, 0.4) is 0 Å². The largest absolute Gasteiger partial charge is 0.212 e. The van der Waals surface area contributed by atoms with Crippen LogP contribution >= 0.6 is 11.6 Å². The second kappa shape index (κ2) is 6.04. The van der Waals surface area contributed by atoms with Gasteiger partial charge < -0.3 is 0 Å². The van der Waals surface area contributed by atoms with Crippen LogP contribution in [0.5, 0.6) is 0 Å². The number of fused-ring (bicyclic) bond motifs is 1. The first-order valence-corrected chi connectivity index (χ1v) is 8.45. The van der Waals surface area contributed by atoms with Crippen molar-refractivity contribution >= 4 is 21.6 Å². The lowest BCUT2D eigenvalue weighted by Crippen LogP contribution is -2.32. The number of sulfonamides is 1. The molecule has 0 radical (unpaired) electrons. The molecular weight excluding hydrogens is 270 g/mol. The zero-order valence-electron chi connectivity index (χ0n) is 10.2. The van der Waals surface area contributed by atoms with Crippen LogP contribution in [0.4, 0.5) is 0 Å². The third-order valence-corrected chi connectivity index (χ3v) is 4.97. The molecule has 1 N–H and O–H groups in total. The smallest absolute Gasteiger partial charge is 0.212 e. The predicted octanol–water partition coefficient (Wildman–Crippen LogP) is 2.61. The van der Waals surface area contributed by atoms with Crippen molar-refractivity contribution in [3.63, 3.8) is 0 Å². The molecule has 0 unspecified atom stereocenters. The number of benzene rings is 1. The van der Waals surface area contributed by atoms with E-state index in [1.54, 1.807) is 0 Å². The third-order valence-electron chi connectivity index (χ3n) is 3.24. The van der Waals surface area contributed by atoms with Gasteiger partial charge in [-0.05, 0) is 36.8 Å². The first kappa shape index (κ1) is 13.8. The van der Waals surface area contributed by atoms with E-state index < -0.39 is 10.0 Å². The first-order valence-electron chi connectivity index (χ1n) is 6.26. The molecule has 18 heavy (non-hydrogen) atoms. The number of hydrogen-bond donors (Lipinski definition) is 1. The molecule has 0 bridgehead atoms. The Hall–Kier alpha value is -0.580. The Morgan fingerprint density at radius 2 is 2.11 bits per heavy atom. The van der Waals surface area contributed by atoms with Gasteiger partial charge in [-0.25, -0.2) is 13.1 Å². The molecule has 1 aromatic rings. The van der Waals surface area contributed by atoms with Gasteiger partial charge in [0.15, 0.2) is 0 Å². The van der Waals surface area contributed by atoms with Crippen LogP contribution < -0.4 is 4.72 Å². The maximum atomic E-state index is 11.9. The molecule has 1 aromatic carbocycles. The Balaban J connectivity index is 2.12. The summed E-state index contributed by atoms with van der Waals surface area (Å²) in [6.45, 7) is 0. The van der Waals surface area contributed by atoms with Crippen LogP contribution in [0.25, 0.3) is 0 Å². The summed E-state index contributed by atoms with van der Waals surface area (Å²) in [6, 6.07) is 7.99. The number of nitrogens with one attached hydrogen (secondary N) is 1. The fourth-order valence-electron chi connectivity index (χ4n) is 2.40. The summed E-state index contributed by atoms with van der Waals surface area (Å²) in [5.41, 5.74) is 2.38. The van der Waals surface area contributed by atoms with E-state index in [1.807, 2.05) is 18.2 Å². The summed E-state index contributed by atoms with van der Waals surface area (Å²) >= 11 is 5.54. The molecule has 0 aromatic heterocycles. The van der Waals surface area contributed by atoms with Gasteiger partial charge in [0.25, 0.3) is 0 Å². The summed E-state index contributed by atoms with van der Waals surface area (Å²) < 4.78 is 26.6. The molecule has 0 amide bonds. The SMILES string of the molecule is O=S(=O)(CCCCl)N[C@H]1CCCc2ccccc21. The number of alkyl halides is 1. The van der Waals surface area contributed by atoms with Gasteiger partial charge in [-0.3, -0.25) is 0 Å². The van der Waals surface area contributed by atoms with E-state index in [1.165, 1.54) is 5.56 Å². The highest BCUT2D eigenvalue weighted by molar-refractivity contribution is 7.89. The molecule has 0 saturated carbocycles. The fourth-order valence-corrected chi connectivity index (χ4v) is 4.01. The fraction of sp³-hybridized carbons (Fsp3) is 0.538. The second-order valence-electron chi connectivity index (χ2n) is 4.62. The lowest BCUT2D eigenvalue weighted by atomic mass is 9.88. The van der Waals surface area contributed by atoms with E-state index in [9.17, 15) is 8.42 Å². The molecule has 5 heteroatoms. The molecule has 3 nitrogen and oxygen atoms in total. The molecule has 2 rings (SSSR count). The van der Waals surface area contributed by atoms with Gasteiger partial charge in [0.1, 0.15) is 0 Å². The Kier molecular flexibility index (Phi) is 4.65. The summed E-state index contributed by atoms with van der Waals surface area (Å²) in [5, 5.41) is 0. The third kappa shape index (κ3) is 3.46. The van der Waals surface area contributed by atoms with Crippen molar-refractivity contribution in [2.75, 3.05) is 11.6 Å². The standard InChI is InChI=1S/C13H18ClNO2S/c14-9-4-10-18(16,17)15-13-8-3-6-11-5-1-2-7-12(11)13/h1-2,5,7,13,15H,3-4,6,8-10H2/t13-/m0/s1. The zero-order chi connectivity index (χ0) is 13.0. The van der Waals surface area contributed by atoms with Crippen molar-refractivity contribution in [2.45, 2.75) is 31.7 Å². The quantitative estimate of drug-likeness (QED) is 0.846. The normalized spacial score (nSPS) is 19.5. The van der Waals surface area contributed by atoms with Gasteiger partial charge in [0.05, 0.1) is 5.75 Å². The van der Waals surface area contributed by atoms with Crippen molar-refractivity contribution in [3.8, 4) is 0 Å². The van der Waals surface area contributed by atoms with Gasteiger partial charge in [0, 0.05) is 11.9 Å². The van der Waals surface area contributed by atoms with Gasteiger partial charge in [-0.15, -0.1) is 11.6 Å². The van der Waals surface area contributed by atoms with Crippen molar-refractivity contribution in [3.05, 3.63) is 35.4 Å². The predicted molar refractivity (Wildman–Crippen MR) is 74.4 cm³/mol. The monoisotopic (exact) mass is 287 g/mol. The van der Waals surface area contributed by atoms with Gasteiger partial charge in [0.2, 0.25) is 10.0 Å². The number of rotatable bonds is 5. The highest BCUT2D eigenvalue weighted by Crippen LogP contribution is 2.29. The Labute approximate surface area is 114 Å². The van der Waals surface area contributed by atoms with Crippen LogP contribution in [0.15, 0.2) is 24.3 Å². The molecule has 0 fully saturated rings. The minimum Gasteiger partial charge on any atom is -0.212 e. The van der Waals surface area contributed by atoms with E-state index >= 15 is 0 Å². The number of halogens is 1. The molecule has 1 atom stereocenters. The average molecular weight is 288 g/mol. The zero-order valence-corrected chi connectivity index (χ0v) is 11.8. The maximum absolute atomic E-state index is 11.9. The van der Waals surface area contributed by atoms with E-state index in [4.69, 9.17) is 11.6 Å². The lowest BCUT2D eigenvalue weighted by Gasteiger charge is -2.26. The maximum Gasteiger partial charge on any atom is 0.212 e. The lowest BCUT2D eigenvalue weighted by molar-refractivity contribution is 0.507. The molecule has 0 spiro atoms. The average Bonchev–Trinajstić information content (AvgIpc) is 2.37. The minimum atomic E-state index is -3.22. The van der Waals surface area contributed by atoms with Crippen molar-refractivity contribution in [1.29, 1.82) is 0 Å². The second-order valence-corrected chi connectivity index (χ2v) is 6.87. The van der Waals surface area contributed by atoms with Gasteiger partial charge >= 0.3 is 0 Å². The Morgan fingerprint density at radius 1 is 1.33 bits per heavy atom. The van der Waals surface area contributed by atoms with E-state index in [-0.39, 0.29) is 11.8 Å².